The largest absolute Gasteiger partial charge is 0.476 e. The molecule has 18 heavy (non-hydrogen) atoms. The maximum absolute atomic E-state index is 5.84. The molecule has 0 radical (unpaired) electrons. The Labute approximate surface area is 108 Å². The van der Waals surface area contributed by atoms with Gasteiger partial charge in [0.15, 0.2) is 0 Å². The van der Waals surface area contributed by atoms with E-state index in [1.165, 1.54) is 12.8 Å². The van der Waals surface area contributed by atoms with Gasteiger partial charge in [0.2, 0.25) is 5.88 Å². The van der Waals surface area contributed by atoms with Gasteiger partial charge >= 0.3 is 0 Å². The molecule has 5 heteroatoms. The molecule has 1 aromatic heterocycles. The van der Waals surface area contributed by atoms with Crippen LogP contribution in [0.15, 0.2) is 12.1 Å². The van der Waals surface area contributed by atoms with Crippen molar-refractivity contribution in [1.82, 2.24) is 4.98 Å². The lowest BCUT2D eigenvalue weighted by atomic mass is 10.3. The number of nitrogens with zero attached hydrogens (tertiary/aromatic N) is 1. The van der Waals surface area contributed by atoms with E-state index in [2.05, 4.69) is 10.3 Å². The van der Waals surface area contributed by atoms with Crippen molar-refractivity contribution in [3.63, 3.8) is 0 Å². The number of rotatable bonds is 8. The molecule has 1 aliphatic carbocycles. The molecule has 1 aromatic rings. The van der Waals surface area contributed by atoms with Gasteiger partial charge in [0.1, 0.15) is 5.82 Å². The third kappa shape index (κ3) is 4.07. The molecule has 1 saturated carbocycles. The molecule has 5 nitrogen and oxygen atoms in total. The summed E-state index contributed by atoms with van der Waals surface area (Å²) in [6.07, 6.45) is 3.46. The maximum Gasteiger partial charge on any atom is 0.239 e. The minimum absolute atomic E-state index is 0.540. The van der Waals surface area contributed by atoms with E-state index in [0.717, 1.165) is 32.0 Å². The van der Waals surface area contributed by atoms with E-state index in [9.17, 15) is 0 Å². The molecule has 100 valence electrons. The van der Waals surface area contributed by atoms with Crippen molar-refractivity contribution in [3.8, 4) is 5.88 Å². The summed E-state index contributed by atoms with van der Waals surface area (Å²) >= 11 is 0. The Hall–Kier alpha value is -1.49. The Balaban J connectivity index is 1.83. The van der Waals surface area contributed by atoms with Crippen LogP contribution in [-0.2, 0) is 4.74 Å². The molecule has 0 atom stereocenters. The Morgan fingerprint density at radius 3 is 3.00 bits per heavy atom. The predicted octanol–water partition coefficient (Wildman–Crippen LogP) is 1.90. The number of nitrogens with two attached hydrogens (primary N) is 1. The number of hydrogen-bond donors (Lipinski definition) is 2. The van der Waals surface area contributed by atoms with Crippen molar-refractivity contribution in [2.75, 3.05) is 37.9 Å². The third-order valence-corrected chi connectivity index (χ3v) is 2.87. The van der Waals surface area contributed by atoms with Crippen LogP contribution in [0.2, 0.25) is 0 Å². The zero-order chi connectivity index (χ0) is 12.8. The normalized spacial score (nSPS) is 14.5. The summed E-state index contributed by atoms with van der Waals surface area (Å²) in [5.41, 5.74) is 6.43. The molecule has 1 heterocycles. The van der Waals surface area contributed by atoms with Gasteiger partial charge in [0, 0.05) is 20.3 Å². The molecular formula is C13H21N3O2. The van der Waals surface area contributed by atoms with Crippen LogP contribution in [0.3, 0.4) is 0 Å². The Morgan fingerprint density at radius 2 is 2.28 bits per heavy atom. The maximum atomic E-state index is 5.84. The fraction of sp³-hybridized carbons (Fsp3) is 0.615. The van der Waals surface area contributed by atoms with Crippen molar-refractivity contribution in [1.29, 1.82) is 0 Å². The first-order valence-corrected chi connectivity index (χ1v) is 6.41. The van der Waals surface area contributed by atoms with Crippen LogP contribution in [0.4, 0.5) is 11.5 Å². The van der Waals surface area contributed by atoms with E-state index < -0.39 is 0 Å². The third-order valence-electron chi connectivity index (χ3n) is 2.87. The molecular weight excluding hydrogens is 230 g/mol. The fourth-order valence-corrected chi connectivity index (χ4v) is 1.58. The van der Waals surface area contributed by atoms with Gasteiger partial charge in [-0.15, -0.1) is 0 Å². The van der Waals surface area contributed by atoms with Gasteiger partial charge in [-0.25, -0.2) is 0 Å². The molecule has 0 unspecified atom stereocenters. The van der Waals surface area contributed by atoms with Crippen molar-refractivity contribution >= 4 is 11.5 Å². The Kier molecular flexibility index (Phi) is 4.64. The van der Waals surface area contributed by atoms with Crippen molar-refractivity contribution < 1.29 is 9.47 Å². The summed E-state index contributed by atoms with van der Waals surface area (Å²) < 4.78 is 10.6. The van der Waals surface area contributed by atoms with E-state index in [1.54, 1.807) is 7.11 Å². The smallest absolute Gasteiger partial charge is 0.239 e. The summed E-state index contributed by atoms with van der Waals surface area (Å²) in [4.78, 5) is 4.37. The van der Waals surface area contributed by atoms with E-state index >= 15 is 0 Å². The average Bonchev–Trinajstić information content (AvgIpc) is 3.19. The SMILES string of the molecule is COCCCNc1ccc(N)c(OCC2CC2)n1. The zero-order valence-corrected chi connectivity index (χ0v) is 10.8. The van der Waals surface area contributed by atoms with Gasteiger partial charge < -0.3 is 20.5 Å². The van der Waals surface area contributed by atoms with E-state index in [-0.39, 0.29) is 0 Å². The van der Waals surface area contributed by atoms with Crippen LogP contribution in [0.1, 0.15) is 19.3 Å². The zero-order valence-electron chi connectivity index (χ0n) is 10.8. The molecule has 1 fully saturated rings. The summed E-state index contributed by atoms with van der Waals surface area (Å²) in [5.74, 6) is 2.04. The second-order valence-electron chi connectivity index (χ2n) is 4.62. The highest BCUT2D eigenvalue weighted by molar-refractivity contribution is 5.53. The summed E-state index contributed by atoms with van der Waals surface area (Å²) in [5, 5.41) is 3.22. The number of pyridine rings is 1. The van der Waals surface area contributed by atoms with Gasteiger partial charge in [-0.3, -0.25) is 0 Å². The minimum atomic E-state index is 0.540. The molecule has 0 saturated heterocycles. The number of aromatic nitrogens is 1. The molecule has 0 spiro atoms. The van der Waals surface area contributed by atoms with Crippen LogP contribution < -0.4 is 15.8 Å². The van der Waals surface area contributed by atoms with Crippen LogP contribution in [-0.4, -0.2) is 31.9 Å². The summed E-state index contributed by atoms with van der Waals surface area (Å²) in [6.45, 7) is 2.30. The molecule has 1 aliphatic rings. The number of nitrogens with one attached hydrogen (secondary N) is 1. The molecule has 0 amide bonds. The van der Waals surface area contributed by atoms with Crippen LogP contribution in [0.5, 0.6) is 5.88 Å². The van der Waals surface area contributed by atoms with Crippen molar-refractivity contribution in [3.05, 3.63) is 12.1 Å². The summed E-state index contributed by atoms with van der Waals surface area (Å²) in [7, 11) is 1.70. The van der Waals surface area contributed by atoms with E-state index in [1.807, 2.05) is 12.1 Å². The second-order valence-corrected chi connectivity index (χ2v) is 4.62. The van der Waals surface area contributed by atoms with Gasteiger partial charge in [0.05, 0.1) is 12.3 Å². The first-order chi connectivity index (χ1) is 8.79. The highest BCUT2D eigenvalue weighted by Gasteiger charge is 2.22. The Morgan fingerprint density at radius 1 is 1.44 bits per heavy atom. The highest BCUT2D eigenvalue weighted by atomic mass is 16.5. The lowest BCUT2D eigenvalue weighted by Gasteiger charge is -2.10. The fourth-order valence-electron chi connectivity index (χ4n) is 1.58. The monoisotopic (exact) mass is 251 g/mol. The van der Waals surface area contributed by atoms with Gasteiger partial charge in [-0.2, -0.15) is 4.98 Å². The van der Waals surface area contributed by atoms with Crippen LogP contribution in [0, 0.1) is 5.92 Å². The van der Waals surface area contributed by atoms with Crippen molar-refractivity contribution in [2.24, 2.45) is 5.92 Å². The topological polar surface area (TPSA) is 69.4 Å². The average molecular weight is 251 g/mol. The number of anilines is 2. The first-order valence-electron chi connectivity index (χ1n) is 6.41. The number of nitrogen functional groups attached to an aromatic ring is 1. The molecule has 3 N–H and O–H groups in total. The van der Waals surface area contributed by atoms with Gasteiger partial charge in [-0.05, 0) is 37.3 Å². The van der Waals surface area contributed by atoms with E-state index in [0.29, 0.717) is 17.5 Å². The van der Waals surface area contributed by atoms with Gasteiger partial charge in [0.25, 0.3) is 0 Å². The van der Waals surface area contributed by atoms with E-state index in [4.69, 9.17) is 15.2 Å². The Bertz CT molecular complexity index is 380. The molecule has 0 aliphatic heterocycles. The van der Waals surface area contributed by atoms with Crippen molar-refractivity contribution in [2.45, 2.75) is 19.3 Å². The number of hydrogen-bond acceptors (Lipinski definition) is 5. The van der Waals surface area contributed by atoms with Crippen LogP contribution in [0.25, 0.3) is 0 Å². The molecule has 0 bridgehead atoms. The summed E-state index contributed by atoms with van der Waals surface area (Å²) in [6, 6.07) is 3.69. The number of ether oxygens (including phenoxy) is 2. The lowest BCUT2D eigenvalue weighted by molar-refractivity contribution is 0.197. The molecule has 2 rings (SSSR count). The standard InChI is InChI=1S/C13H21N3O2/c1-17-8-2-7-15-12-6-5-11(14)13(16-12)18-9-10-3-4-10/h5-6,10H,2-4,7-9,14H2,1H3,(H,15,16). The quantitative estimate of drug-likeness (QED) is 0.691. The number of methoxy groups -OCH3 is 1. The highest BCUT2D eigenvalue weighted by Crippen LogP contribution is 2.30. The first kappa shape index (κ1) is 13.0. The predicted molar refractivity (Wildman–Crippen MR) is 71.9 cm³/mol. The molecule has 0 aromatic carbocycles. The lowest BCUT2D eigenvalue weighted by Crippen LogP contribution is -2.08. The van der Waals surface area contributed by atoms with Gasteiger partial charge in [-0.1, -0.05) is 0 Å². The van der Waals surface area contributed by atoms with Crippen LogP contribution >= 0.6 is 0 Å². The second kappa shape index (κ2) is 6.44. The minimum Gasteiger partial charge on any atom is -0.476 e.